The maximum atomic E-state index is 10.6. The molecule has 0 amide bonds. The second kappa shape index (κ2) is 5.31. The van der Waals surface area contributed by atoms with Crippen LogP contribution in [0.2, 0.25) is 0 Å². The van der Waals surface area contributed by atoms with Crippen LogP contribution in [0.25, 0.3) is 0 Å². The van der Waals surface area contributed by atoms with Crippen LogP contribution in [0.4, 0.5) is 0 Å². The van der Waals surface area contributed by atoms with Gasteiger partial charge in [0.25, 0.3) is 0 Å². The topological polar surface area (TPSA) is 17.1 Å². The van der Waals surface area contributed by atoms with Gasteiger partial charge in [0, 0.05) is 6.42 Å². The summed E-state index contributed by atoms with van der Waals surface area (Å²) >= 11 is 0. The van der Waals surface area contributed by atoms with Gasteiger partial charge >= 0.3 is 0 Å². The minimum atomic E-state index is 0.320. The van der Waals surface area contributed by atoms with Gasteiger partial charge in [-0.1, -0.05) is 0 Å². The Hall–Kier alpha value is -0.370. The van der Waals surface area contributed by atoms with Crippen molar-refractivity contribution in [2.45, 2.75) is 32.6 Å². The van der Waals surface area contributed by atoms with Crippen molar-refractivity contribution >= 4 is 5.78 Å². The molecule has 0 heterocycles. The number of ketones is 1. The summed E-state index contributed by atoms with van der Waals surface area (Å²) in [6.07, 6.45) is 4.25. The monoisotopic (exact) mass is 172 g/mol. The highest BCUT2D eigenvalue weighted by Gasteiger charge is 2.05. The Balaban J connectivity index is 3.17. The van der Waals surface area contributed by atoms with E-state index in [-0.39, 0.29) is 0 Å². The predicted octanol–water partition coefficient (Wildman–Crippen LogP) is 1.84. The van der Waals surface area contributed by atoms with E-state index < -0.39 is 0 Å². The lowest BCUT2D eigenvalue weighted by Gasteiger charge is -2.23. The lowest BCUT2D eigenvalue weighted by molar-refractivity contribution is -0.870. The fourth-order valence-corrected chi connectivity index (χ4v) is 1.14. The van der Waals surface area contributed by atoms with Gasteiger partial charge in [-0.3, -0.25) is 0 Å². The first kappa shape index (κ1) is 11.6. The Labute approximate surface area is 76.2 Å². The van der Waals surface area contributed by atoms with E-state index in [1.807, 2.05) is 0 Å². The lowest BCUT2D eigenvalue weighted by atomic mass is 10.1. The molecule has 72 valence electrons. The minimum Gasteiger partial charge on any atom is -0.331 e. The van der Waals surface area contributed by atoms with Crippen molar-refractivity contribution in [1.29, 1.82) is 0 Å². The predicted molar refractivity (Wildman–Crippen MR) is 52.0 cm³/mol. The third kappa shape index (κ3) is 9.63. The molecule has 0 spiro atoms. The molecule has 0 aromatic carbocycles. The average Bonchev–Trinajstić information content (AvgIpc) is 1.83. The Morgan fingerprint density at radius 3 is 2.08 bits per heavy atom. The molecule has 0 rings (SSSR count). The minimum absolute atomic E-state index is 0.320. The van der Waals surface area contributed by atoms with Gasteiger partial charge in [0.05, 0.1) is 27.7 Å². The number of carbonyl (C=O) groups is 1. The molecule has 0 fully saturated rings. The van der Waals surface area contributed by atoms with E-state index in [2.05, 4.69) is 21.1 Å². The highest BCUT2D eigenvalue weighted by molar-refractivity contribution is 5.75. The van der Waals surface area contributed by atoms with Gasteiger partial charge in [0.1, 0.15) is 5.78 Å². The number of carbonyl (C=O) groups excluding carboxylic acids is 1. The van der Waals surface area contributed by atoms with Crippen LogP contribution in [0.15, 0.2) is 0 Å². The summed E-state index contributed by atoms with van der Waals surface area (Å²) in [5, 5.41) is 0. The van der Waals surface area contributed by atoms with Crippen LogP contribution in [0.1, 0.15) is 32.6 Å². The summed E-state index contributed by atoms with van der Waals surface area (Å²) in [4.78, 5) is 10.6. The highest BCUT2D eigenvalue weighted by atomic mass is 16.1. The molecule has 12 heavy (non-hydrogen) atoms. The van der Waals surface area contributed by atoms with E-state index in [1.54, 1.807) is 6.92 Å². The highest BCUT2D eigenvalue weighted by Crippen LogP contribution is 2.03. The van der Waals surface area contributed by atoms with Crippen LogP contribution in [0, 0.1) is 0 Å². The van der Waals surface area contributed by atoms with Crippen molar-refractivity contribution < 1.29 is 9.28 Å². The number of unbranched alkanes of at least 4 members (excludes halogenated alkanes) is 2. The molecule has 0 radical (unpaired) electrons. The zero-order chi connectivity index (χ0) is 9.61. The number of nitrogens with zero attached hydrogens (tertiary/aromatic N) is 1. The van der Waals surface area contributed by atoms with Crippen molar-refractivity contribution in [3.05, 3.63) is 0 Å². The first-order valence-electron chi connectivity index (χ1n) is 4.72. The van der Waals surface area contributed by atoms with Gasteiger partial charge in [0.15, 0.2) is 0 Å². The molecule has 0 aliphatic rings. The largest absolute Gasteiger partial charge is 0.331 e. The fraction of sp³-hybridized carbons (Fsp3) is 0.900. The van der Waals surface area contributed by atoms with E-state index >= 15 is 0 Å². The molecular formula is C10H22NO+. The zero-order valence-corrected chi connectivity index (χ0v) is 8.89. The van der Waals surface area contributed by atoms with Crippen LogP contribution < -0.4 is 0 Å². The Bertz CT molecular complexity index is 135. The molecule has 2 heteroatoms. The SMILES string of the molecule is CC(=O)CCCCC[N+](C)(C)C. The number of hydrogen-bond acceptors (Lipinski definition) is 1. The van der Waals surface area contributed by atoms with E-state index in [0.29, 0.717) is 5.78 Å². The van der Waals surface area contributed by atoms with Gasteiger partial charge in [-0.25, -0.2) is 0 Å². The molecule has 0 aliphatic heterocycles. The Morgan fingerprint density at radius 2 is 1.67 bits per heavy atom. The standard InChI is InChI=1S/C10H22NO/c1-10(12)8-6-5-7-9-11(2,3)4/h5-9H2,1-4H3/q+1. The van der Waals surface area contributed by atoms with Crippen molar-refractivity contribution in [3.8, 4) is 0 Å². The lowest BCUT2D eigenvalue weighted by Crippen LogP contribution is -2.35. The van der Waals surface area contributed by atoms with E-state index in [4.69, 9.17) is 0 Å². The second-order valence-electron chi connectivity index (χ2n) is 4.53. The molecule has 0 saturated carbocycles. The number of Topliss-reactive ketones (excluding diaryl/α,β-unsaturated/α-hetero) is 1. The summed E-state index contributed by atoms with van der Waals surface area (Å²) < 4.78 is 1.03. The van der Waals surface area contributed by atoms with Gasteiger partial charge in [-0.05, 0) is 26.2 Å². The van der Waals surface area contributed by atoms with Gasteiger partial charge < -0.3 is 9.28 Å². The van der Waals surface area contributed by atoms with Crippen LogP contribution in [0.3, 0.4) is 0 Å². The van der Waals surface area contributed by atoms with Crippen LogP contribution in [-0.4, -0.2) is 38.0 Å². The van der Waals surface area contributed by atoms with Crippen molar-refractivity contribution in [3.63, 3.8) is 0 Å². The van der Waals surface area contributed by atoms with Gasteiger partial charge in [-0.15, -0.1) is 0 Å². The van der Waals surface area contributed by atoms with E-state index in [9.17, 15) is 4.79 Å². The smallest absolute Gasteiger partial charge is 0.129 e. The molecular weight excluding hydrogens is 150 g/mol. The van der Waals surface area contributed by atoms with E-state index in [1.165, 1.54) is 19.4 Å². The first-order valence-corrected chi connectivity index (χ1v) is 4.72. The molecule has 0 aromatic rings. The third-order valence-electron chi connectivity index (χ3n) is 1.86. The average molecular weight is 172 g/mol. The zero-order valence-electron chi connectivity index (χ0n) is 8.89. The Kier molecular flexibility index (Phi) is 5.14. The summed E-state index contributed by atoms with van der Waals surface area (Å²) in [7, 11) is 6.60. The first-order chi connectivity index (χ1) is 5.42. The normalized spacial score (nSPS) is 11.7. The number of quaternary nitrogens is 1. The van der Waals surface area contributed by atoms with Crippen molar-refractivity contribution in [2.24, 2.45) is 0 Å². The van der Waals surface area contributed by atoms with Gasteiger partial charge in [-0.2, -0.15) is 0 Å². The summed E-state index contributed by atoms with van der Waals surface area (Å²) in [5.41, 5.74) is 0. The van der Waals surface area contributed by atoms with E-state index in [0.717, 1.165) is 17.3 Å². The molecule has 2 nitrogen and oxygen atoms in total. The third-order valence-corrected chi connectivity index (χ3v) is 1.86. The molecule has 0 aromatic heterocycles. The van der Waals surface area contributed by atoms with Crippen LogP contribution in [0.5, 0.6) is 0 Å². The summed E-state index contributed by atoms with van der Waals surface area (Å²) in [6.45, 7) is 2.87. The van der Waals surface area contributed by atoms with Gasteiger partial charge in [0.2, 0.25) is 0 Å². The maximum absolute atomic E-state index is 10.6. The fourth-order valence-electron chi connectivity index (χ4n) is 1.14. The summed E-state index contributed by atoms with van der Waals surface area (Å²) in [6, 6.07) is 0. The second-order valence-corrected chi connectivity index (χ2v) is 4.53. The molecule has 0 N–H and O–H groups in total. The number of hydrogen-bond donors (Lipinski definition) is 0. The van der Waals surface area contributed by atoms with Crippen LogP contribution >= 0.6 is 0 Å². The Morgan fingerprint density at radius 1 is 1.08 bits per heavy atom. The molecule has 0 unspecified atom stereocenters. The molecule has 0 atom stereocenters. The quantitative estimate of drug-likeness (QED) is 0.441. The van der Waals surface area contributed by atoms with Crippen molar-refractivity contribution in [2.75, 3.05) is 27.7 Å². The molecule has 0 saturated heterocycles. The summed E-state index contributed by atoms with van der Waals surface area (Å²) in [5.74, 6) is 0.320. The van der Waals surface area contributed by atoms with Crippen molar-refractivity contribution in [1.82, 2.24) is 0 Å². The number of rotatable bonds is 6. The maximum Gasteiger partial charge on any atom is 0.129 e. The van der Waals surface area contributed by atoms with Crippen LogP contribution in [-0.2, 0) is 4.79 Å². The molecule has 0 bridgehead atoms. The molecule has 0 aliphatic carbocycles.